The average Bonchev–Trinajstić information content (AvgIpc) is 3.40. The van der Waals surface area contributed by atoms with Gasteiger partial charge in [0.1, 0.15) is 0 Å². The number of urea groups is 1. The predicted molar refractivity (Wildman–Crippen MR) is 99.1 cm³/mol. The number of carbonyl (C=O) groups is 1. The van der Waals surface area contributed by atoms with Gasteiger partial charge in [-0.15, -0.1) is 11.3 Å². The van der Waals surface area contributed by atoms with Gasteiger partial charge in [0, 0.05) is 23.9 Å². The molecular weight excluding hydrogens is 348 g/mol. The molecule has 2 atom stereocenters. The summed E-state index contributed by atoms with van der Waals surface area (Å²) in [6, 6.07) is 14.2. The molecule has 0 bridgehead atoms. The van der Waals surface area contributed by atoms with Crippen LogP contribution in [-0.2, 0) is 6.54 Å². The zero-order chi connectivity index (χ0) is 17.9. The van der Waals surface area contributed by atoms with E-state index in [4.69, 9.17) is 4.52 Å². The highest BCUT2D eigenvalue weighted by Crippen LogP contribution is 2.38. The van der Waals surface area contributed by atoms with E-state index in [2.05, 4.69) is 27.6 Å². The van der Waals surface area contributed by atoms with Crippen molar-refractivity contribution in [3.8, 4) is 0 Å². The zero-order valence-corrected chi connectivity index (χ0v) is 15.3. The predicted octanol–water partition coefficient (Wildman–Crippen LogP) is 3.53. The van der Waals surface area contributed by atoms with E-state index >= 15 is 0 Å². The lowest BCUT2D eigenvalue weighted by molar-refractivity contribution is 0.207. The molecule has 1 aliphatic rings. The molecule has 134 valence electrons. The number of nitrogens with zero attached hydrogens (tertiary/aromatic N) is 3. The van der Waals surface area contributed by atoms with Crippen molar-refractivity contribution in [1.82, 2.24) is 20.4 Å². The van der Waals surface area contributed by atoms with Crippen molar-refractivity contribution in [3.05, 3.63) is 70.0 Å². The van der Waals surface area contributed by atoms with Crippen LogP contribution in [-0.4, -0.2) is 34.2 Å². The SMILES string of the molecule is Cc1noc([C@H]2CN(C(=O)NCc3cccs3)C[C@H]2c2ccccc2)n1. The standard InChI is InChI=1S/C19H20N4O2S/c1-13-21-18(25-22-13)17-12-23(11-16(17)14-6-3-2-4-7-14)19(24)20-10-15-8-5-9-26-15/h2-9,16-17H,10-12H2,1H3,(H,20,24)/t16-,17-/m0/s1. The number of aryl methyl sites for hydroxylation is 1. The van der Waals surface area contributed by atoms with Crippen LogP contribution in [0.5, 0.6) is 0 Å². The number of likely N-dealkylation sites (tertiary alicyclic amines) is 1. The summed E-state index contributed by atoms with van der Waals surface area (Å²) in [5.41, 5.74) is 1.18. The van der Waals surface area contributed by atoms with Gasteiger partial charge in [0.25, 0.3) is 0 Å². The molecule has 2 aromatic heterocycles. The lowest BCUT2D eigenvalue weighted by atomic mass is 9.89. The summed E-state index contributed by atoms with van der Waals surface area (Å²) in [6.07, 6.45) is 0. The molecule has 7 heteroatoms. The second kappa shape index (κ2) is 7.29. The Balaban J connectivity index is 1.52. The zero-order valence-electron chi connectivity index (χ0n) is 14.5. The molecule has 1 saturated heterocycles. The largest absolute Gasteiger partial charge is 0.339 e. The van der Waals surface area contributed by atoms with Crippen molar-refractivity contribution in [2.24, 2.45) is 0 Å². The Morgan fingerprint density at radius 2 is 2.04 bits per heavy atom. The van der Waals surface area contributed by atoms with Crippen LogP contribution in [0.4, 0.5) is 4.79 Å². The van der Waals surface area contributed by atoms with Crippen LogP contribution in [0.3, 0.4) is 0 Å². The van der Waals surface area contributed by atoms with Gasteiger partial charge in [0.05, 0.1) is 12.5 Å². The minimum Gasteiger partial charge on any atom is -0.339 e. The third kappa shape index (κ3) is 3.48. The number of carbonyl (C=O) groups excluding carboxylic acids is 1. The van der Waals surface area contributed by atoms with Crippen LogP contribution in [0.1, 0.15) is 34.0 Å². The van der Waals surface area contributed by atoms with Crippen LogP contribution in [0, 0.1) is 6.92 Å². The fourth-order valence-corrected chi connectivity index (χ4v) is 4.05. The number of hydrogen-bond donors (Lipinski definition) is 1. The summed E-state index contributed by atoms with van der Waals surface area (Å²) in [6.45, 7) is 3.56. The lowest BCUT2D eigenvalue weighted by Gasteiger charge is -2.17. The fraction of sp³-hybridized carbons (Fsp3) is 0.316. The molecule has 0 unspecified atom stereocenters. The highest BCUT2D eigenvalue weighted by atomic mass is 32.1. The number of rotatable bonds is 4. The van der Waals surface area contributed by atoms with Crippen LogP contribution < -0.4 is 5.32 Å². The Hall–Kier alpha value is -2.67. The first-order chi connectivity index (χ1) is 12.7. The number of thiophene rings is 1. The number of hydrogen-bond acceptors (Lipinski definition) is 5. The summed E-state index contributed by atoms with van der Waals surface area (Å²) in [5.74, 6) is 1.37. The van der Waals surface area contributed by atoms with Gasteiger partial charge < -0.3 is 14.7 Å². The highest BCUT2D eigenvalue weighted by molar-refractivity contribution is 7.09. The monoisotopic (exact) mass is 368 g/mol. The van der Waals surface area contributed by atoms with E-state index in [1.165, 1.54) is 5.56 Å². The quantitative estimate of drug-likeness (QED) is 0.765. The first-order valence-corrected chi connectivity index (χ1v) is 9.49. The van der Waals surface area contributed by atoms with Gasteiger partial charge in [-0.1, -0.05) is 41.6 Å². The topological polar surface area (TPSA) is 71.3 Å². The number of amides is 2. The number of aromatic nitrogens is 2. The molecular formula is C19H20N4O2S. The van der Waals surface area contributed by atoms with Crippen molar-refractivity contribution < 1.29 is 9.32 Å². The van der Waals surface area contributed by atoms with Crippen molar-refractivity contribution in [2.75, 3.05) is 13.1 Å². The first kappa shape index (κ1) is 16.8. The van der Waals surface area contributed by atoms with Crippen LogP contribution in [0.2, 0.25) is 0 Å². The Labute approximate surface area is 155 Å². The molecule has 2 amide bonds. The summed E-state index contributed by atoms with van der Waals surface area (Å²) >= 11 is 1.64. The summed E-state index contributed by atoms with van der Waals surface area (Å²) in [5, 5.41) is 8.94. The van der Waals surface area contributed by atoms with Crippen molar-refractivity contribution >= 4 is 17.4 Å². The van der Waals surface area contributed by atoms with E-state index in [1.54, 1.807) is 11.3 Å². The number of nitrogens with one attached hydrogen (secondary N) is 1. The van der Waals surface area contributed by atoms with Gasteiger partial charge in [-0.05, 0) is 23.9 Å². The van der Waals surface area contributed by atoms with Crippen LogP contribution in [0.25, 0.3) is 0 Å². The van der Waals surface area contributed by atoms with Crippen molar-refractivity contribution in [3.63, 3.8) is 0 Å². The van der Waals surface area contributed by atoms with Gasteiger partial charge in [-0.2, -0.15) is 4.98 Å². The van der Waals surface area contributed by atoms with E-state index in [9.17, 15) is 4.79 Å². The molecule has 0 spiro atoms. The Kier molecular flexibility index (Phi) is 4.71. The molecule has 4 rings (SSSR count). The van der Waals surface area contributed by atoms with Crippen LogP contribution in [0.15, 0.2) is 52.4 Å². The van der Waals surface area contributed by atoms with Gasteiger partial charge in [0.15, 0.2) is 5.82 Å². The van der Waals surface area contributed by atoms with Gasteiger partial charge in [-0.25, -0.2) is 4.79 Å². The second-order valence-electron chi connectivity index (χ2n) is 6.45. The highest BCUT2D eigenvalue weighted by Gasteiger charge is 2.40. The third-order valence-electron chi connectivity index (χ3n) is 4.69. The Morgan fingerprint density at radius 1 is 1.23 bits per heavy atom. The molecule has 26 heavy (non-hydrogen) atoms. The van der Waals surface area contributed by atoms with Crippen LogP contribution >= 0.6 is 11.3 Å². The van der Waals surface area contributed by atoms with E-state index in [1.807, 2.05) is 47.5 Å². The van der Waals surface area contributed by atoms with Gasteiger partial charge >= 0.3 is 6.03 Å². The van der Waals surface area contributed by atoms with E-state index < -0.39 is 0 Å². The Morgan fingerprint density at radius 3 is 2.73 bits per heavy atom. The van der Waals surface area contributed by atoms with E-state index in [0.717, 1.165) is 4.88 Å². The minimum absolute atomic E-state index is 0.00564. The van der Waals surface area contributed by atoms with Gasteiger partial charge in [-0.3, -0.25) is 0 Å². The third-order valence-corrected chi connectivity index (χ3v) is 5.57. The smallest absolute Gasteiger partial charge is 0.317 e. The van der Waals surface area contributed by atoms with E-state index in [-0.39, 0.29) is 17.9 Å². The maximum Gasteiger partial charge on any atom is 0.317 e. The average molecular weight is 368 g/mol. The Bertz CT molecular complexity index is 863. The van der Waals surface area contributed by atoms with Crippen molar-refractivity contribution in [1.29, 1.82) is 0 Å². The molecule has 0 aliphatic carbocycles. The number of benzene rings is 1. The molecule has 1 aliphatic heterocycles. The molecule has 3 aromatic rings. The maximum atomic E-state index is 12.7. The molecule has 1 N–H and O–H groups in total. The first-order valence-electron chi connectivity index (χ1n) is 8.61. The summed E-state index contributed by atoms with van der Waals surface area (Å²) in [7, 11) is 0. The van der Waals surface area contributed by atoms with Gasteiger partial charge in [0.2, 0.25) is 5.89 Å². The van der Waals surface area contributed by atoms with E-state index in [0.29, 0.717) is 31.3 Å². The normalized spacial score (nSPS) is 19.7. The molecule has 6 nitrogen and oxygen atoms in total. The summed E-state index contributed by atoms with van der Waals surface area (Å²) < 4.78 is 5.43. The summed E-state index contributed by atoms with van der Waals surface area (Å²) in [4.78, 5) is 20.0. The molecule has 0 radical (unpaired) electrons. The fourth-order valence-electron chi connectivity index (χ4n) is 3.41. The minimum atomic E-state index is -0.0573. The maximum absolute atomic E-state index is 12.7. The molecule has 0 saturated carbocycles. The molecule has 1 fully saturated rings. The van der Waals surface area contributed by atoms with Crippen molar-refractivity contribution in [2.45, 2.75) is 25.3 Å². The molecule has 3 heterocycles. The molecule has 1 aromatic carbocycles. The lowest BCUT2D eigenvalue weighted by Crippen LogP contribution is -2.38. The second-order valence-corrected chi connectivity index (χ2v) is 7.48.